The van der Waals surface area contributed by atoms with Crippen molar-refractivity contribution in [1.82, 2.24) is 4.98 Å². The SMILES string of the molecule is CN(CC1CCCC1)c1cc(N)cc(Cl)n1. The Kier molecular flexibility index (Phi) is 3.54. The number of pyridine rings is 1. The van der Waals surface area contributed by atoms with Crippen LogP contribution in [0.2, 0.25) is 5.15 Å². The van der Waals surface area contributed by atoms with Gasteiger partial charge in [-0.2, -0.15) is 0 Å². The summed E-state index contributed by atoms with van der Waals surface area (Å²) in [6.07, 6.45) is 5.40. The molecule has 0 aliphatic heterocycles. The van der Waals surface area contributed by atoms with Crippen molar-refractivity contribution in [2.45, 2.75) is 25.7 Å². The van der Waals surface area contributed by atoms with Crippen LogP contribution in [0, 0.1) is 5.92 Å². The molecule has 2 rings (SSSR count). The molecule has 88 valence electrons. The third-order valence-corrected chi connectivity index (χ3v) is 3.39. The van der Waals surface area contributed by atoms with Crippen LogP contribution in [0.25, 0.3) is 0 Å². The van der Waals surface area contributed by atoms with Crippen LogP contribution in [0.5, 0.6) is 0 Å². The molecule has 1 aromatic rings. The zero-order chi connectivity index (χ0) is 11.5. The van der Waals surface area contributed by atoms with Gasteiger partial charge >= 0.3 is 0 Å². The van der Waals surface area contributed by atoms with Gasteiger partial charge in [-0.1, -0.05) is 24.4 Å². The summed E-state index contributed by atoms with van der Waals surface area (Å²) in [5.41, 5.74) is 6.43. The van der Waals surface area contributed by atoms with Gasteiger partial charge in [0.1, 0.15) is 11.0 Å². The minimum absolute atomic E-state index is 0.466. The molecule has 0 atom stereocenters. The van der Waals surface area contributed by atoms with Crippen molar-refractivity contribution < 1.29 is 0 Å². The lowest BCUT2D eigenvalue weighted by Gasteiger charge is -2.22. The average molecular weight is 240 g/mol. The first-order valence-electron chi connectivity index (χ1n) is 5.79. The highest BCUT2D eigenvalue weighted by Crippen LogP contribution is 2.27. The predicted octanol–water partition coefficient (Wildman–Crippen LogP) is 2.94. The molecule has 0 saturated heterocycles. The van der Waals surface area contributed by atoms with Gasteiger partial charge in [0.15, 0.2) is 0 Å². The maximum absolute atomic E-state index is 5.89. The summed E-state index contributed by atoms with van der Waals surface area (Å²) in [4.78, 5) is 6.44. The van der Waals surface area contributed by atoms with Gasteiger partial charge in [-0.15, -0.1) is 0 Å². The molecule has 1 fully saturated rings. The molecule has 0 bridgehead atoms. The van der Waals surface area contributed by atoms with Gasteiger partial charge in [-0.05, 0) is 24.8 Å². The van der Waals surface area contributed by atoms with Crippen LogP contribution in [0.4, 0.5) is 11.5 Å². The number of halogens is 1. The highest BCUT2D eigenvalue weighted by molar-refractivity contribution is 6.29. The second kappa shape index (κ2) is 4.91. The number of nitrogens with two attached hydrogens (primary N) is 1. The van der Waals surface area contributed by atoms with E-state index in [0.717, 1.165) is 18.3 Å². The Bertz CT molecular complexity index is 341. The molecule has 16 heavy (non-hydrogen) atoms. The number of hydrogen-bond donors (Lipinski definition) is 1. The normalized spacial score (nSPS) is 16.6. The molecule has 1 heterocycles. The molecule has 1 aliphatic rings. The molecule has 3 nitrogen and oxygen atoms in total. The van der Waals surface area contributed by atoms with Crippen LogP contribution in [0.15, 0.2) is 12.1 Å². The van der Waals surface area contributed by atoms with Crippen molar-refractivity contribution in [1.29, 1.82) is 0 Å². The lowest BCUT2D eigenvalue weighted by Crippen LogP contribution is -2.24. The number of rotatable bonds is 3. The van der Waals surface area contributed by atoms with E-state index in [4.69, 9.17) is 17.3 Å². The average Bonchev–Trinajstić information content (AvgIpc) is 2.68. The topological polar surface area (TPSA) is 42.1 Å². The van der Waals surface area contributed by atoms with Crippen molar-refractivity contribution in [3.63, 3.8) is 0 Å². The molecule has 1 aliphatic carbocycles. The van der Waals surface area contributed by atoms with Crippen LogP contribution in [0.3, 0.4) is 0 Å². The molecule has 0 unspecified atom stereocenters. The van der Waals surface area contributed by atoms with E-state index in [0.29, 0.717) is 10.8 Å². The fourth-order valence-corrected chi connectivity index (χ4v) is 2.58. The van der Waals surface area contributed by atoms with Gasteiger partial charge in [0, 0.05) is 25.3 Å². The monoisotopic (exact) mass is 239 g/mol. The number of nitrogen functional groups attached to an aromatic ring is 1. The first-order valence-corrected chi connectivity index (χ1v) is 6.17. The summed E-state index contributed by atoms with van der Waals surface area (Å²) in [6, 6.07) is 3.55. The molecule has 2 N–H and O–H groups in total. The van der Waals surface area contributed by atoms with Crippen LogP contribution in [-0.4, -0.2) is 18.6 Å². The second-order valence-corrected chi connectivity index (χ2v) is 5.00. The van der Waals surface area contributed by atoms with Crippen molar-refractivity contribution >= 4 is 23.1 Å². The minimum Gasteiger partial charge on any atom is -0.399 e. The summed E-state index contributed by atoms with van der Waals surface area (Å²) in [6.45, 7) is 1.05. The third-order valence-electron chi connectivity index (χ3n) is 3.20. The van der Waals surface area contributed by atoms with Crippen molar-refractivity contribution in [2.75, 3.05) is 24.2 Å². The summed E-state index contributed by atoms with van der Waals surface area (Å²) >= 11 is 5.89. The first kappa shape index (κ1) is 11.5. The molecule has 0 radical (unpaired) electrons. The molecule has 0 spiro atoms. The Labute approximate surface area is 102 Å². The zero-order valence-corrected chi connectivity index (χ0v) is 10.4. The molecule has 0 aromatic carbocycles. The van der Waals surface area contributed by atoms with Crippen LogP contribution >= 0.6 is 11.6 Å². The Morgan fingerprint density at radius 3 is 2.75 bits per heavy atom. The molecule has 1 aromatic heterocycles. The fourth-order valence-electron chi connectivity index (χ4n) is 2.37. The molecule has 1 saturated carbocycles. The van der Waals surface area contributed by atoms with E-state index in [1.54, 1.807) is 6.07 Å². The second-order valence-electron chi connectivity index (χ2n) is 4.61. The Morgan fingerprint density at radius 2 is 2.12 bits per heavy atom. The highest BCUT2D eigenvalue weighted by atomic mass is 35.5. The summed E-state index contributed by atoms with van der Waals surface area (Å²) in [5, 5.41) is 0.466. The predicted molar refractivity (Wildman–Crippen MR) is 68.9 cm³/mol. The van der Waals surface area contributed by atoms with Crippen LogP contribution < -0.4 is 10.6 Å². The largest absolute Gasteiger partial charge is 0.399 e. The first-order chi connectivity index (χ1) is 7.65. The highest BCUT2D eigenvalue weighted by Gasteiger charge is 2.17. The zero-order valence-electron chi connectivity index (χ0n) is 9.62. The minimum atomic E-state index is 0.466. The van der Waals surface area contributed by atoms with Gasteiger partial charge in [0.2, 0.25) is 0 Å². The van der Waals surface area contributed by atoms with Gasteiger partial charge in [-0.3, -0.25) is 0 Å². The van der Waals surface area contributed by atoms with Crippen molar-refractivity contribution in [3.8, 4) is 0 Å². The number of hydrogen-bond acceptors (Lipinski definition) is 3. The van der Waals surface area contributed by atoms with E-state index >= 15 is 0 Å². The Morgan fingerprint density at radius 1 is 1.44 bits per heavy atom. The van der Waals surface area contributed by atoms with E-state index in [1.807, 2.05) is 6.07 Å². The smallest absolute Gasteiger partial charge is 0.133 e. The lowest BCUT2D eigenvalue weighted by atomic mass is 10.1. The third kappa shape index (κ3) is 2.79. The van der Waals surface area contributed by atoms with Crippen LogP contribution in [-0.2, 0) is 0 Å². The van der Waals surface area contributed by atoms with Gasteiger partial charge in [0.25, 0.3) is 0 Å². The summed E-state index contributed by atoms with van der Waals surface area (Å²) in [5.74, 6) is 1.67. The Balaban J connectivity index is 2.04. The lowest BCUT2D eigenvalue weighted by molar-refractivity contribution is 0.545. The van der Waals surface area contributed by atoms with Crippen molar-refractivity contribution in [3.05, 3.63) is 17.3 Å². The molecule has 4 heteroatoms. The molecular weight excluding hydrogens is 222 g/mol. The van der Waals surface area contributed by atoms with E-state index in [9.17, 15) is 0 Å². The summed E-state index contributed by atoms with van der Waals surface area (Å²) in [7, 11) is 2.05. The van der Waals surface area contributed by atoms with Gasteiger partial charge in [-0.25, -0.2) is 4.98 Å². The number of aromatic nitrogens is 1. The Hall–Kier alpha value is -0.960. The quantitative estimate of drug-likeness (QED) is 0.825. The van der Waals surface area contributed by atoms with E-state index in [-0.39, 0.29) is 0 Å². The van der Waals surface area contributed by atoms with Gasteiger partial charge < -0.3 is 10.6 Å². The molecule has 0 amide bonds. The fraction of sp³-hybridized carbons (Fsp3) is 0.583. The van der Waals surface area contributed by atoms with E-state index < -0.39 is 0 Å². The maximum Gasteiger partial charge on any atom is 0.133 e. The van der Waals surface area contributed by atoms with Crippen molar-refractivity contribution in [2.24, 2.45) is 5.92 Å². The van der Waals surface area contributed by atoms with E-state index in [1.165, 1.54) is 25.7 Å². The summed E-state index contributed by atoms with van der Waals surface area (Å²) < 4.78 is 0. The van der Waals surface area contributed by atoms with Crippen LogP contribution in [0.1, 0.15) is 25.7 Å². The van der Waals surface area contributed by atoms with E-state index in [2.05, 4.69) is 16.9 Å². The number of nitrogens with zero attached hydrogens (tertiary/aromatic N) is 2. The van der Waals surface area contributed by atoms with Gasteiger partial charge in [0.05, 0.1) is 0 Å². The standard InChI is InChI=1S/C12H18ClN3/c1-16(8-9-4-2-3-5-9)12-7-10(14)6-11(13)15-12/h6-7,9H,2-5,8H2,1H3,(H2,14,15). The maximum atomic E-state index is 5.89. The molecular formula is C12H18ClN3. The number of anilines is 2.